The lowest BCUT2D eigenvalue weighted by molar-refractivity contribution is 0.187. The van der Waals surface area contributed by atoms with Crippen LogP contribution in [0.4, 0.5) is 4.79 Å². The Labute approximate surface area is 141 Å². The van der Waals surface area contributed by atoms with Crippen LogP contribution in [0.3, 0.4) is 0 Å². The molecule has 2 rings (SSSR count). The van der Waals surface area contributed by atoms with Crippen LogP contribution in [0.5, 0.6) is 0 Å². The topological polar surface area (TPSA) is 91.7 Å². The SMILES string of the molecule is CNS(=O)(=O)c1cccc(CNC(=O)N(C)C(C)c2ccco2)c1. The number of carbonyl (C=O) groups excluding carboxylic acids is 1. The lowest BCUT2D eigenvalue weighted by Gasteiger charge is -2.23. The molecular weight excluding hydrogens is 330 g/mol. The first-order chi connectivity index (χ1) is 11.3. The van der Waals surface area contributed by atoms with Gasteiger partial charge in [-0.05, 0) is 43.8 Å². The van der Waals surface area contributed by atoms with Gasteiger partial charge in [-0.3, -0.25) is 0 Å². The summed E-state index contributed by atoms with van der Waals surface area (Å²) in [5.41, 5.74) is 0.693. The molecule has 8 heteroatoms. The molecule has 1 aromatic carbocycles. The van der Waals surface area contributed by atoms with E-state index in [1.54, 1.807) is 37.6 Å². The second-order valence-electron chi connectivity index (χ2n) is 5.32. The van der Waals surface area contributed by atoms with Crippen LogP contribution in [0.15, 0.2) is 52.0 Å². The van der Waals surface area contributed by atoms with E-state index >= 15 is 0 Å². The zero-order chi connectivity index (χ0) is 17.7. The van der Waals surface area contributed by atoms with Gasteiger partial charge in [0.05, 0.1) is 17.2 Å². The number of hydrogen-bond acceptors (Lipinski definition) is 4. The summed E-state index contributed by atoms with van der Waals surface area (Å²) >= 11 is 0. The number of nitrogens with one attached hydrogen (secondary N) is 2. The summed E-state index contributed by atoms with van der Waals surface area (Å²) in [6.45, 7) is 2.08. The van der Waals surface area contributed by atoms with Crippen molar-refractivity contribution < 1.29 is 17.6 Å². The molecule has 7 nitrogen and oxygen atoms in total. The number of amides is 2. The molecular formula is C16H21N3O4S. The molecule has 0 saturated carbocycles. The fraction of sp³-hybridized carbons (Fsp3) is 0.312. The number of furan rings is 1. The highest BCUT2D eigenvalue weighted by Gasteiger charge is 2.19. The maximum Gasteiger partial charge on any atom is 0.318 e. The summed E-state index contributed by atoms with van der Waals surface area (Å²) in [7, 11) is -0.477. The van der Waals surface area contributed by atoms with Crippen LogP contribution in [0.1, 0.15) is 24.3 Å². The predicted octanol–water partition coefficient (Wildman–Crippen LogP) is 2.09. The van der Waals surface area contributed by atoms with Gasteiger partial charge in [0.25, 0.3) is 0 Å². The summed E-state index contributed by atoms with van der Waals surface area (Å²) < 4.78 is 31.2. The van der Waals surface area contributed by atoms with Crippen molar-refractivity contribution >= 4 is 16.1 Å². The summed E-state index contributed by atoms with van der Waals surface area (Å²) in [6.07, 6.45) is 1.56. The second kappa shape index (κ2) is 7.50. The molecule has 0 aliphatic heterocycles. The molecule has 0 radical (unpaired) electrons. The summed E-state index contributed by atoms with van der Waals surface area (Å²) in [6, 6.07) is 9.51. The molecule has 24 heavy (non-hydrogen) atoms. The molecule has 0 aliphatic carbocycles. The van der Waals surface area contributed by atoms with Crippen LogP contribution in [0, 0.1) is 0 Å². The summed E-state index contributed by atoms with van der Waals surface area (Å²) in [5, 5.41) is 2.77. The Morgan fingerprint density at radius 1 is 1.29 bits per heavy atom. The van der Waals surface area contributed by atoms with E-state index in [1.165, 1.54) is 24.1 Å². The van der Waals surface area contributed by atoms with Crippen molar-refractivity contribution in [3.05, 3.63) is 54.0 Å². The predicted molar refractivity (Wildman–Crippen MR) is 89.8 cm³/mol. The van der Waals surface area contributed by atoms with Gasteiger partial charge in [0.1, 0.15) is 5.76 Å². The van der Waals surface area contributed by atoms with Gasteiger partial charge in [-0.15, -0.1) is 0 Å². The number of carbonyl (C=O) groups is 1. The minimum Gasteiger partial charge on any atom is -0.467 e. The first kappa shape index (κ1) is 18.0. The van der Waals surface area contributed by atoms with E-state index in [4.69, 9.17) is 4.42 Å². The molecule has 0 fully saturated rings. The van der Waals surface area contributed by atoms with Crippen molar-refractivity contribution in [1.29, 1.82) is 0 Å². The van der Waals surface area contributed by atoms with Gasteiger partial charge in [-0.1, -0.05) is 12.1 Å². The van der Waals surface area contributed by atoms with Crippen molar-refractivity contribution in [3.8, 4) is 0 Å². The number of sulfonamides is 1. The lowest BCUT2D eigenvalue weighted by Crippen LogP contribution is -2.38. The average Bonchev–Trinajstić information content (AvgIpc) is 3.13. The highest BCUT2D eigenvalue weighted by atomic mass is 32.2. The fourth-order valence-corrected chi connectivity index (χ4v) is 2.94. The number of benzene rings is 1. The molecule has 1 heterocycles. The number of urea groups is 1. The van der Waals surface area contributed by atoms with E-state index in [0.717, 1.165) is 0 Å². The van der Waals surface area contributed by atoms with Crippen LogP contribution in [-0.2, 0) is 16.6 Å². The molecule has 2 amide bonds. The van der Waals surface area contributed by atoms with E-state index in [0.29, 0.717) is 11.3 Å². The summed E-state index contributed by atoms with van der Waals surface area (Å²) in [5.74, 6) is 0.690. The van der Waals surface area contributed by atoms with E-state index in [1.807, 2.05) is 6.92 Å². The van der Waals surface area contributed by atoms with Crippen LogP contribution < -0.4 is 10.0 Å². The van der Waals surface area contributed by atoms with Gasteiger partial charge < -0.3 is 14.6 Å². The van der Waals surface area contributed by atoms with Gasteiger partial charge in [-0.25, -0.2) is 17.9 Å². The lowest BCUT2D eigenvalue weighted by atomic mass is 10.2. The highest BCUT2D eigenvalue weighted by Crippen LogP contribution is 2.19. The monoisotopic (exact) mass is 351 g/mol. The van der Waals surface area contributed by atoms with Crippen LogP contribution in [0.2, 0.25) is 0 Å². The maximum atomic E-state index is 12.2. The molecule has 0 bridgehead atoms. The average molecular weight is 351 g/mol. The van der Waals surface area contributed by atoms with E-state index < -0.39 is 10.0 Å². The van der Waals surface area contributed by atoms with Gasteiger partial charge in [0.15, 0.2) is 0 Å². The Kier molecular flexibility index (Phi) is 5.63. The van der Waals surface area contributed by atoms with Crippen molar-refractivity contribution in [1.82, 2.24) is 14.9 Å². The molecule has 0 aliphatic rings. The fourth-order valence-electron chi connectivity index (χ4n) is 2.14. The summed E-state index contributed by atoms with van der Waals surface area (Å²) in [4.78, 5) is 13.9. The van der Waals surface area contributed by atoms with E-state index in [9.17, 15) is 13.2 Å². The quantitative estimate of drug-likeness (QED) is 0.833. The maximum absolute atomic E-state index is 12.2. The Balaban J connectivity index is 2.00. The molecule has 130 valence electrons. The van der Waals surface area contributed by atoms with Crippen molar-refractivity contribution in [2.45, 2.75) is 24.4 Å². The molecule has 2 aromatic rings. The smallest absolute Gasteiger partial charge is 0.318 e. The Bertz CT molecular complexity index is 787. The molecule has 1 atom stereocenters. The molecule has 1 aromatic heterocycles. The second-order valence-corrected chi connectivity index (χ2v) is 7.20. The normalized spacial score (nSPS) is 12.6. The van der Waals surface area contributed by atoms with Crippen LogP contribution in [0.25, 0.3) is 0 Å². The minimum absolute atomic E-state index is 0.161. The third-order valence-corrected chi connectivity index (χ3v) is 5.19. The van der Waals surface area contributed by atoms with E-state index in [-0.39, 0.29) is 23.5 Å². The number of nitrogens with zero attached hydrogens (tertiary/aromatic N) is 1. The molecule has 0 spiro atoms. The van der Waals surface area contributed by atoms with E-state index in [2.05, 4.69) is 10.0 Å². The standard InChI is InChI=1S/C16H21N3O4S/c1-12(15-8-5-9-23-15)19(3)16(20)18-11-13-6-4-7-14(10-13)24(21,22)17-2/h4-10,12,17H,11H2,1-3H3,(H,18,20). The zero-order valence-corrected chi connectivity index (χ0v) is 14.6. The van der Waals surface area contributed by atoms with Gasteiger partial charge in [0, 0.05) is 13.6 Å². The number of hydrogen-bond donors (Lipinski definition) is 2. The first-order valence-corrected chi connectivity index (χ1v) is 8.90. The Morgan fingerprint density at radius 2 is 2.04 bits per heavy atom. The van der Waals surface area contributed by atoms with Crippen LogP contribution in [-0.4, -0.2) is 33.4 Å². The molecule has 2 N–H and O–H groups in total. The van der Waals surface area contributed by atoms with Gasteiger partial charge in [0.2, 0.25) is 10.0 Å². The van der Waals surface area contributed by atoms with Gasteiger partial charge in [-0.2, -0.15) is 0 Å². The van der Waals surface area contributed by atoms with Crippen LogP contribution >= 0.6 is 0 Å². The zero-order valence-electron chi connectivity index (χ0n) is 13.8. The van der Waals surface area contributed by atoms with Crippen molar-refractivity contribution in [2.24, 2.45) is 0 Å². The largest absolute Gasteiger partial charge is 0.467 e. The minimum atomic E-state index is -3.50. The number of rotatable bonds is 6. The third-order valence-electron chi connectivity index (χ3n) is 3.78. The molecule has 0 saturated heterocycles. The van der Waals surface area contributed by atoms with Gasteiger partial charge >= 0.3 is 6.03 Å². The third kappa shape index (κ3) is 4.15. The highest BCUT2D eigenvalue weighted by molar-refractivity contribution is 7.89. The van der Waals surface area contributed by atoms with Crippen molar-refractivity contribution in [2.75, 3.05) is 14.1 Å². The Morgan fingerprint density at radius 3 is 2.67 bits per heavy atom. The Hall–Kier alpha value is -2.32. The molecule has 1 unspecified atom stereocenters. The van der Waals surface area contributed by atoms with Crippen molar-refractivity contribution in [3.63, 3.8) is 0 Å². The first-order valence-electron chi connectivity index (χ1n) is 7.41.